The minimum absolute atomic E-state index is 0.0319. The Labute approximate surface area is 155 Å². The summed E-state index contributed by atoms with van der Waals surface area (Å²) < 4.78 is 2.23. The van der Waals surface area contributed by atoms with E-state index in [1.165, 1.54) is 11.6 Å². The molecule has 0 spiro atoms. The van der Waals surface area contributed by atoms with Crippen LogP contribution in [0.5, 0.6) is 0 Å². The summed E-state index contributed by atoms with van der Waals surface area (Å²) in [6, 6.07) is 7.55. The summed E-state index contributed by atoms with van der Waals surface area (Å²) in [7, 11) is 2.90. The Bertz CT molecular complexity index is 1050. The number of hydrogen-bond donors (Lipinski definition) is 1. The molecule has 1 aliphatic rings. The SMILES string of the molecule is Cn1c(NC2CCN(c3ccc(C#N)cn3)CC2)c(C#N)c(=O)n(C)c1=O. The van der Waals surface area contributed by atoms with Gasteiger partial charge in [-0.05, 0) is 25.0 Å². The molecule has 0 aliphatic carbocycles. The second-order valence-electron chi connectivity index (χ2n) is 6.46. The highest BCUT2D eigenvalue weighted by atomic mass is 16.2. The smallest absolute Gasteiger partial charge is 0.332 e. The van der Waals surface area contributed by atoms with Crippen LogP contribution in [0.25, 0.3) is 0 Å². The Balaban J connectivity index is 1.75. The third-order valence-electron chi connectivity index (χ3n) is 4.81. The van der Waals surface area contributed by atoms with E-state index in [-0.39, 0.29) is 17.4 Å². The molecule has 2 aromatic rings. The molecule has 0 unspecified atom stereocenters. The quantitative estimate of drug-likeness (QED) is 0.831. The average molecular weight is 365 g/mol. The Kier molecular flexibility index (Phi) is 4.95. The summed E-state index contributed by atoms with van der Waals surface area (Å²) >= 11 is 0. The van der Waals surface area contributed by atoms with Crippen molar-refractivity contribution in [2.75, 3.05) is 23.3 Å². The van der Waals surface area contributed by atoms with E-state index in [1.54, 1.807) is 19.3 Å². The van der Waals surface area contributed by atoms with Gasteiger partial charge in [0.1, 0.15) is 23.8 Å². The van der Waals surface area contributed by atoms with E-state index in [0.29, 0.717) is 5.56 Å². The first-order chi connectivity index (χ1) is 13.0. The summed E-state index contributed by atoms with van der Waals surface area (Å²) in [5, 5.41) is 21.4. The predicted octanol–water partition coefficient (Wildman–Crippen LogP) is 0.303. The van der Waals surface area contributed by atoms with Crippen LogP contribution in [0.1, 0.15) is 24.0 Å². The highest BCUT2D eigenvalue weighted by Crippen LogP contribution is 2.21. The summed E-state index contributed by atoms with van der Waals surface area (Å²) in [4.78, 5) is 30.7. The van der Waals surface area contributed by atoms with Gasteiger partial charge in [-0.15, -0.1) is 0 Å². The van der Waals surface area contributed by atoms with Gasteiger partial charge in [0.2, 0.25) is 0 Å². The number of hydrogen-bond acceptors (Lipinski definition) is 7. The number of anilines is 2. The van der Waals surface area contributed by atoms with Crippen molar-refractivity contribution in [3.63, 3.8) is 0 Å². The zero-order valence-electron chi connectivity index (χ0n) is 15.1. The monoisotopic (exact) mass is 365 g/mol. The fourth-order valence-electron chi connectivity index (χ4n) is 3.20. The fourth-order valence-corrected chi connectivity index (χ4v) is 3.20. The Morgan fingerprint density at radius 2 is 1.81 bits per heavy atom. The summed E-state index contributed by atoms with van der Waals surface area (Å²) in [6.07, 6.45) is 3.07. The first-order valence-electron chi connectivity index (χ1n) is 8.54. The molecule has 0 amide bonds. The first kappa shape index (κ1) is 18.2. The van der Waals surface area contributed by atoms with Crippen LogP contribution in [-0.2, 0) is 14.1 Å². The summed E-state index contributed by atoms with van der Waals surface area (Å²) in [5.41, 5.74) is -0.607. The molecule has 0 aromatic carbocycles. The van der Waals surface area contributed by atoms with Crippen molar-refractivity contribution in [2.45, 2.75) is 18.9 Å². The molecule has 1 saturated heterocycles. The van der Waals surface area contributed by atoms with Crippen LogP contribution in [0.3, 0.4) is 0 Å². The lowest BCUT2D eigenvalue weighted by molar-refractivity contribution is 0.518. The zero-order chi connectivity index (χ0) is 19.6. The lowest BCUT2D eigenvalue weighted by atomic mass is 10.0. The van der Waals surface area contributed by atoms with Gasteiger partial charge in [-0.25, -0.2) is 9.78 Å². The maximum Gasteiger partial charge on any atom is 0.332 e. The topological polar surface area (TPSA) is 120 Å². The van der Waals surface area contributed by atoms with Crippen molar-refractivity contribution in [2.24, 2.45) is 14.1 Å². The van der Waals surface area contributed by atoms with Crippen molar-refractivity contribution in [1.29, 1.82) is 10.5 Å². The van der Waals surface area contributed by atoms with Crippen LogP contribution < -0.4 is 21.5 Å². The molecule has 0 atom stereocenters. The number of nitrogens with zero attached hydrogens (tertiary/aromatic N) is 6. The maximum absolute atomic E-state index is 12.2. The highest BCUT2D eigenvalue weighted by molar-refractivity contribution is 5.52. The van der Waals surface area contributed by atoms with Crippen molar-refractivity contribution < 1.29 is 0 Å². The molecular weight excluding hydrogens is 346 g/mol. The Morgan fingerprint density at radius 1 is 1.11 bits per heavy atom. The van der Waals surface area contributed by atoms with Crippen LogP contribution in [0.15, 0.2) is 27.9 Å². The molecule has 9 heteroatoms. The third kappa shape index (κ3) is 3.40. The zero-order valence-corrected chi connectivity index (χ0v) is 15.1. The highest BCUT2D eigenvalue weighted by Gasteiger charge is 2.23. The van der Waals surface area contributed by atoms with Crippen LogP contribution in [0.2, 0.25) is 0 Å². The van der Waals surface area contributed by atoms with Gasteiger partial charge >= 0.3 is 5.69 Å². The van der Waals surface area contributed by atoms with Crippen molar-refractivity contribution >= 4 is 11.6 Å². The number of nitrogens with one attached hydrogen (secondary N) is 1. The fraction of sp³-hybridized carbons (Fsp3) is 0.389. The minimum Gasteiger partial charge on any atom is -0.367 e. The van der Waals surface area contributed by atoms with E-state index in [0.717, 1.165) is 36.3 Å². The van der Waals surface area contributed by atoms with Crippen LogP contribution in [0, 0.1) is 22.7 Å². The van der Waals surface area contributed by atoms with Gasteiger partial charge in [-0.3, -0.25) is 13.9 Å². The lowest BCUT2D eigenvalue weighted by Crippen LogP contribution is -2.43. The van der Waals surface area contributed by atoms with E-state index >= 15 is 0 Å². The van der Waals surface area contributed by atoms with Crippen LogP contribution in [0.4, 0.5) is 11.6 Å². The van der Waals surface area contributed by atoms with Crippen LogP contribution >= 0.6 is 0 Å². The van der Waals surface area contributed by atoms with Crippen LogP contribution in [-0.4, -0.2) is 33.2 Å². The van der Waals surface area contributed by atoms with Crippen molar-refractivity contribution in [1.82, 2.24) is 14.1 Å². The van der Waals surface area contributed by atoms with Gasteiger partial charge in [0.05, 0.1) is 5.56 Å². The standard InChI is InChI=1S/C18H19N7O2/c1-23-16(14(10-20)17(26)24(2)18(23)27)22-13-5-7-25(8-6-13)15-4-3-12(9-19)11-21-15/h3-4,11,13,22H,5-8H2,1-2H3. The lowest BCUT2D eigenvalue weighted by Gasteiger charge is -2.34. The van der Waals surface area contributed by atoms with E-state index in [2.05, 4.69) is 15.2 Å². The number of nitriles is 2. The van der Waals surface area contributed by atoms with Gasteiger partial charge in [0.25, 0.3) is 5.56 Å². The predicted molar refractivity (Wildman–Crippen MR) is 99.4 cm³/mol. The summed E-state index contributed by atoms with van der Waals surface area (Å²) in [5.74, 6) is 1.08. The Morgan fingerprint density at radius 3 is 2.37 bits per heavy atom. The van der Waals surface area contributed by atoms with Crippen molar-refractivity contribution in [3.05, 3.63) is 50.3 Å². The molecular formula is C18H19N7O2. The maximum atomic E-state index is 12.2. The molecule has 138 valence electrons. The van der Waals surface area contributed by atoms with Crippen molar-refractivity contribution in [3.8, 4) is 12.1 Å². The van der Waals surface area contributed by atoms with Gasteiger partial charge < -0.3 is 10.2 Å². The van der Waals surface area contributed by atoms with E-state index < -0.39 is 11.2 Å². The van der Waals surface area contributed by atoms with Gasteiger partial charge in [0.15, 0.2) is 5.56 Å². The molecule has 1 N–H and O–H groups in total. The number of rotatable bonds is 3. The van der Waals surface area contributed by atoms with Gasteiger partial charge in [-0.2, -0.15) is 10.5 Å². The molecule has 1 fully saturated rings. The van der Waals surface area contributed by atoms with E-state index in [4.69, 9.17) is 5.26 Å². The average Bonchev–Trinajstić information content (AvgIpc) is 2.71. The molecule has 0 radical (unpaired) electrons. The second-order valence-corrected chi connectivity index (χ2v) is 6.46. The van der Waals surface area contributed by atoms with Gasteiger partial charge in [0, 0.05) is 39.4 Å². The minimum atomic E-state index is -0.595. The first-order valence-corrected chi connectivity index (χ1v) is 8.54. The number of pyridine rings is 1. The molecule has 3 heterocycles. The normalized spacial score (nSPS) is 14.4. The van der Waals surface area contributed by atoms with E-state index in [9.17, 15) is 14.9 Å². The molecule has 0 bridgehead atoms. The second kappa shape index (κ2) is 7.34. The molecule has 2 aromatic heterocycles. The van der Waals surface area contributed by atoms with E-state index in [1.807, 2.05) is 18.2 Å². The number of aromatic nitrogens is 3. The molecule has 1 aliphatic heterocycles. The van der Waals surface area contributed by atoms with Gasteiger partial charge in [-0.1, -0.05) is 0 Å². The Hall–Kier alpha value is -3.59. The molecule has 0 saturated carbocycles. The summed E-state index contributed by atoms with van der Waals surface area (Å²) in [6.45, 7) is 1.47. The number of piperidine rings is 1. The molecule has 3 rings (SSSR count). The largest absolute Gasteiger partial charge is 0.367 e. The molecule has 27 heavy (non-hydrogen) atoms. The third-order valence-corrected chi connectivity index (χ3v) is 4.81. The molecule has 9 nitrogen and oxygen atoms in total.